The van der Waals surface area contributed by atoms with Crippen molar-refractivity contribution < 1.29 is 0 Å². The lowest BCUT2D eigenvalue weighted by Crippen LogP contribution is -2.52. The maximum absolute atomic E-state index is 2.72. The van der Waals surface area contributed by atoms with Gasteiger partial charge in [-0.25, -0.2) is 0 Å². The minimum absolute atomic E-state index is 0.721. The molecule has 3 unspecified atom stereocenters. The average Bonchev–Trinajstić information content (AvgIpc) is 2.88. The molecule has 0 radical (unpaired) electrons. The van der Waals surface area contributed by atoms with E-state index in [1.54, 1.807) is 51.4 Å². The van der Waals surface area contributed by atoms with Gasteiger partial charge in [0, 0.05) is 0 Å². The van der Waals surface area contributed by atoms with E-state index in [4.69, 9.17) is 0 Å². The van der Waals surface area contributed by atoms with Crippen LogP contribution in [-0.2, 0) is 0 Å². The minimum Gasteiger partial charge on any atom is -0.0651 e. The van der Waals surface area contributed by atoms with Crippen molar-refractivity contribution in [3.63, 3.8) is 0 Å². The Kier molecular flexibility index (Phi) is 3.47. The van der Waals surface area contributed by atoms with Crippen molar-refractivity contribution in [2.24, 2.45) is 40.4 Å². The van der Waals surface area contributed by atoms with Crippen LogP contribution in [0.3, 0.4) is 0 Å². The first-order valence-electron chi connectivity index (χ1n) is 10.1. The highest BCUT2D eigenvalue weighted by molar-refractivity contribution is 5.07. The Bertz CT molecular complexity index is 399. The molecule has 0 nitrogen and oxygen atoms in total. The van der Waals surface area contributed by atoms with Gasteiger partial charge in [-0.3, -0.25) is 0 Å². The summed E-state index contributed by atoms with van der Waals surface area (Å²) in [6.07, 6.45) is 17.0. The standard InChI is InChI=1S/C21H36/c1-4-15-9-13-21(3)16(14-15)7-8-17-18-6-5-11-20(18,2)12-10-19(17)21/h15-19H,4-14H2,1-3H3/t15-,16?,17+,18+,19?,20+,21?/m1/s1. The molecule has 4 rings (SSSR count). The molecule has 4 fully saturated rings. The number of hydrogen-bond donors (Lipinski definition) is 0. The summed E-state index contributed by atoms with van der Waals surface area (Å²) in [7, 11) is 0. The van der Waals surface area contributed by atoms with Crippen LogP contribution in [0.1, 0.15) is 91.4 Å². The van der Waals surface area contributed by atoms with Gasteiger partial charge < -0.3 is 0 Å². The normalized spacial score (nSPS) is 56.4. The number of fused-ring (bicyclic) bond motifs is 5. The highest BCUT2D eigenvalue weighted by Crippen LogP contribution is 2.66. The van der Waals surface area contributed by atoms with E-state index in [1.165, 1.54) is 19.3 Å². The van der Waals surface area contributed by atoms with E-state index in [0.29, 0.717) is 0 Å². The Balaban J connectivity index is 1.59. The predicted molar refractivity (Wildman–Crippen MR) is 90.1 cm³/mol. The lowest BCUT2D eigenvalue weighted by Gasteiger charge is -2.60. The van der Waals surface area contributed by atoms with Crippen molar-refractivity contribution in [1.82, 2.24) is 0 Å². The molecule has 0 spiro atoms. The van der Waals surface area contributed by atoms with Crippen LogP contribution in [0, 0.1) is 40.4 Å². The molecule has 0 amide bonds. The summed E-state index contributed by atoms with van der Waals surface area (Å²) in [6, 6.07) is 0. The summed E-state index contributed by atoms with van der Waals surface area (Å²) < 4.78 is 0. The van der Waals surface area contributed by atoms with Gasteiger partial charge in [0.25, 0.3) is 0 Å². The third-order valence-electron chi connectivity index (χ3n) is 9.13. The fraction of sp³-hybridized carbons (Fsp3) is 1.00. The second-order valence-electron chi connectivity index (χ2n) is 9.79. The van der Waals surface area contributed by atoms with Gasteiger partial charge in [0.1, 0.15) is 0 Å². The smallest absolute Gasteiger partial charge is 0.0266 e. The van der Waals surface area contributed by atoms with E-state index in [-0.39, 0.29) is 0 Å². The van der Waals surface area contributed by atoms with Gasteiger partial charge in [0.15, 0.2) is 0 Å². The molecule has 0 saturated heterocycles. The molecule has 0 aromatic carbocycles. The largest absolute Gasteiger partial charge is 0.0651 e. The lowest BCUT2D eigenvalue weighted by molar-refractivity contribution is -0.111. The molecular formula is C21H36. The summed E-state index contributed by atoms with van der Waals surface area (Å²) in [5, 5.41) is 0. The van der Waals surface area contributed by atoms with Crippen LogP contribution in [0.25, 0.3) is 0 Å². The molecule has 4 aliphatic rings. The molecule has 0 aromatic rings. The molecule has 0 aromatic heterocycles. The van der Waals surface area contributed by atoms with E-state index in [9.17, 15) is 0 Å². The molecule has 4 aliphatic carbocycles. The third-order valence-corrected chi connectivity index (χ3v) is 9.13. The zero-order chi connectivity index (χ0) is 14.7. The van der Waals surface area contributed by atoms with Gasteiger partial charge >= 0.3 is 0 Å². The molecule has 0 aliphatic heterocycles. The summed E-state index contributed by atoms with van der Waals surface area (Å²) in [6.45, 7) is 7.78. The topological polar surface area (TPSA) is 0 Å². The summed E-state index contributed by atoms with van der Waals surface area (Å²) in [4.78, 5) is 0. The third kappa shape index (κ3) is 2.07. The molecule has 21 heavy (non-hydrogen) atoms. The fourth-order valence-corrected chi connectivity index (χ4v) is 7.71. The summed E-state index contributed by atoms with van der Waals surface area (Å²) in [5.74, 6) is 5.41. The van der Waals surface area contributed by atoms with Crippen molar-refractivity contribution in [2.75, 3.05) is 0 Å². The first kappa shape index (κ1) is 14.6. The quantitative estimate of drug-likeness (QED) is 0.520. The first-order chi connectivity index (χ1) is 10.1. The second kappa shape index (κ2) is 5.00. The van der Waals surface area contributed by atoms with Gasteiger partial charge in [-0.15, -0.1) is 0 Å². The van der Waals surface area contributed by atoms with E-state index in [1.807, 2.05) is 0 Å². The van der Waals surface area contributed by atoms with Gasteiger partial charge in [0.05, 0.1) is 0 Å². The maximum atomic E-state index is 2.72. The van der Waals surface area contributed by atoms with E-state index in [0.717, 1.165) is 40.4 Å². The van der Waals surface area contributed by atoms with Crippen LogP contribution in [0.5, 0.6) is 0 Å². The summed E-state index contributed by atoms with van der Waals surface area (Å²) in [5.41, 5.74) is 1.46. The second-order valence-corrected chi connectivity index (χ2v) is 9.79. The monoisotopic (exact) mass is 288 g/mol. The van der Waals surface area contributed by atoms with Crippen LogP contribution < -0.4 is 0 Å². The highest BCUT2D eigenvalue weighted by Gasteiger charge is 2.57. The lowest BCUT2D eigenvalue weighted by atomic mass is 9.44. The Morgan fingerprint density at radius 1 is 0.857 bits per heavy atom. The molecule has 0 N–H and O–H groups in total. The van der Waals surface area contributed by atoms with Gasteiger partial charge in [-0.05, 0) is 98.2 Å². The molecule has 0 bridgehead atoms. The van der Waals surface area contributed by atoms with Crippen LogP contribution in [-0.4, -0.2) is 0 Å². The van der Waals surface area contributed by atoms with Crippen molar-refractivity contribution in [2.45, 2.75) is 91.4 Å². The van der Waals surface area contributed by atoms with Crippen molar-refractivity contribution in [3.8, 4) is 0 Å². The van der Waals surface area contributed by atoms with Gasteiger partial charge in [-0.2, -0.15) is 0 Å². The average molecular weight is 289 g/mol. The summed E-state index contributed by atoms with van der Waals surface area (Å²) >= 11 is 0. The Labute approximate surface area is 132 Å². The fourth-order valence-electron chi connectivity index (χ4n) is 7.71. The Hall–Kier alpha value is 0. The SMILES string of the molecule is CC[C@@H]1CCC2(C)C(CC[C@@H]3C2CC[C@]2(C)CCC[C@@H]32)C1. The molecule has 7 atom stereocenters. The van der Waals surface area contributed by atoms with Crippen molar-refractivity contribution in [1.29, 1.82) is 0 Å². The van der Waals surface area contributed by atoms with Gasteiger partial charge in [0.2, 0.25) is 0 Å². The number of hydrogen-bond acceptors (Lipinski definition) is 0. The minimum atomic E-state index is 0.721. The van der Waals surface area contributed by atoms with Crippen molar-refractivity contribution in [3.05, 3.63) is 0 Å². The molecule has 0 heteroatoms. The molecule has 0 heterocycles. The van der Waals surface area contributed by atoms with Gasteiger partial charge in [-0.1, -0.05) is 33.6 Å². The van der Waals surface area contributed by atoms with Crippen LogP contribution >= 0.6 is 0 Å². The molecular weight excluding hydrogens is 252 g/mol. The Morgan fingerprint density at radius 3 is 2.52 bits per heavy atom. The van der Waals surface area contributed by atoms with E-state index >= 15 is 0 Å². The first-order valence-corrected chi connectivity index (χ1v) is 10.1. The number of rotatable bonds is 1. The Morgan fingerprint density at radius 2 is 1.71 bits per heavy atom. The van der Waals surface area contributed by atoms with E-state index in [2.05, 4.69) is 20.8 Å². The van der Waals surface area contributed by atoms with E-state index < -0.39 is 0 Å². The van der Waals surface area contributed by atoms with Crippen LogP contribution in [0.2, 0.25) is 0 Å². The predicted octanol–water partition coefficient (Wildman–Crippen LogP) is 6.45. The zero-order valence-electron chi connectivity index (χ0n) is 14.7. The highest BCUT2D eigenvalue weighted by atomic mass is 14.6. The van der Waals surface area contributed by atoms with Crippen LogP contribution in [0.4, 0.5) is 0 Å². The van der Waals surface area contributed by atoms with Crippen LogP contribution in [0.15, 0.2) is 0 Å². The zero-order valence-corrected chi connectivity index (χ0v) is 14.7. The maximum Gasteiger partial charge on any atom is -0.0266 e. The molecule has 120 valence electrons. The van der Waals surface area contributed by atoms with Crippen molar-refractivity contribution >= 4 is 0 Å². The molecule has 4 saturated carbocycles.